The Bertz CT molecular complexity index is 468. The molecule has 0 aliphatic heterocycles. The van der Waals surface area contributed by atoms with Crippen molar-refractivity contribution in [1.29, 1.82) is 0 Å². The van der Waals surface area contributed by atoms with Crippen molar-refractivity contribution in [3.63, 3.8) is 0 Å². The van der Waals surface area contributed by atoms with E-state index in [1.165, 1.54) is 0 Å². The van der Waals surface area contributed by atoms with Gasteiger partial charge in [0.1, 0.15) is 11.5 Å². The summed E-state index contributed by atoms with van der Waals surface area (Å²) in [6.07, 6.45) is 0.986. The number of hydrogen-bond donors (Lipinski definition) is 1. The third-order valence-corrected chi connectivity index (χ3v) is 3.45. The fraction of sp³-hybridized carbons (Fsp3) is 0.600. The van der Waals surface area contributed by atoms with Gasteiger partial charge in [0, 0.05) is 20.2 Å². The van der Waals surface area contributed by atoms with Crippen LogP contribution in [-0.4, -0.2) is 48.6 Å². The first-order chi connectivity index (χ1) is 10.0. The van der Waals surface area contributed by atoms with Gasteiger partial charge in [0.25, 0.3) is 5.91 Å². The van der Waals surface area contributed by atoms with Gasteiger partial charge in [0.2, 0.25) is 0 Å². The molecule has 0 aliphatic carbocycles. The summed E-state index contributed by atoms with van der Waals surface area (Å²) in [6.45, 7) is 7.80. The molecule has 1 aromatic heterocycles. The number of nitrogens with zero attached hydrogens (tertiary/aromatic N) is 2. The SMILES string of the molecule is CCCNc1ccc(Cl)c(C(=O)N(CC)C(C)COC)n1. The lowest BCUT2D eigenvalue weighted by Crippen LogP contribution is -2.41. The maximum atomic E-state index is 12.6. The summed E-state index contributed by atoms with van der Waals surface area (Å²) < 4.78 is 5.12. The van der Waals surface area contributed by atoms with E-state index in [1.54, 1.807) is 24.1 Å². The monoisotopic (exact) mass is 313 g/mol. The number of pyridine rings is 1. The molecule has 1 unspecified atom stereocenters. The van der Waals surface area contributed by atoms with Crippen LogP contribution in [-0.2, 0) is 4.74 Å². The van der Waals surface area contributed by atoms with Crippen molar-refractivity contribution in [2.75, 3.05) is 32.1 Å². The lowest BCUT2D eigenvalue weighted by molar-refractivity contribution is 0.0574. The number of aromatic nitrogens is 1. The predicted molar refractivity (Wildman–Crippen MR) is 86.1 cm³/mol. The molecule has 0 aromatic carbocycles. The molecule has 1 atom stereocenters. The van der Waals surface area contributed by atoms with E-state index in [4.69, 9.17) is 16.3 Å². The van der Waals surface area contributed by atoms with Crippen LogP contribution in [0.15, 0.2) is 12.1 Å². The smallest absolute Gasteiger partial charge is 0.274 e. The first kappa shape index (κ1) is 17.7. The van der Waals surface area contributed by atoms with Crippen molar-refractivity contribution < 1.29 is 9.53 Å². The van der Waals surface area contributed by atoms with Crippen LogP contribution >= 0.6 is 11.6 Å². The first-order valence-electron chi connectivity index (χ1n) is 7.25. The molecule has 0 saturated carbocycles. The lowest BCUT2D eigenvalue weighted by Gasteiger charge is -2.27. The summed E-state index contributed by atoms with van der Waals surface area (Å²) in [5.74, 6) is 0.493. The maximum Gasteiger partial charge on any atom is 0.274 e. The van der Waals surface area contributed by atoms with Crippen molar-refractivity contribution in [3.8, 4) is 0 Å². The highest BCUT2D eigenvalue weighted by molar-refractivity contribution is 6.33. The number of halogens is 1. The van der Waals surface area contributed by atoms with Gasteiger partial charge >= 0.3 is 0 Å². The van der Waals surface area contributed by atoms with Crippen molar-refractivity contribution in [1.82, 2.24) is 9.88 Å². The summed E-state index contributed by atoms with van der Waals surface area (Å²) in [6, 6.07) is 3.45. The summed E-state index contributed by atoms with van der Waals surface area (Å²) in [7, 11) is 1.62. The Balaban J connectivity index is 2.98. The van der Waals surface area contributed by atoms with Crippen molar-refractivity contribution in [2.45, 2.75) is 33.2 Å². The normalized spacial score (nSPS) is 12.0. The fourth-order valence-corrected chi connectivity index (χ4v) is 2.25. The van der Waals surface area contributed by atoms with Gasteiger partial charge in [-0.25, -0.2) is 4.98 Å². The predicted octanol–water partition coefficient (Wildman–Crippen LogP) is 3.05. The quantitative estimate of drug-likeness (QED) is 0.801. The molecule has 1 aromatic rings. The van der Waals surface area contributed by atoms with Gasteiger partial charge in [0.15, 0.2) is 0 Å². The van der Waals surface area contributed by atoms with E-state index in [0.29, 0.717) is 24.0 Å². The zero-order chi connectivity index (χ0) is 15.8. The molecule has 0 fully saturated rings. The number of amides is 1. The van der Waals surface area contributed by atoms with Gasteiger partial charge < -0.3 is 15.0 Å². The maximum absolute atomic E-state index is 12.6. The Morgan fingerprint density at radius 1 is 1.48 bits per heavy atom. The van der Waals surface area contributed by atoms with E-state index in [-0.39, 0.29) is 17.6 Å². The van der Waals surface area contributed by atoms with Gasteiger partial charge in [-0.15, -0.1) is 0 Å². The van der Waals surface area contributed by atoms with E-state index in [1.807, 2.05) is 13.8 Å². The largest absolute Gasteiger partial charge is 0.383 e. The van der Waals surface area contributed by atoms with Crippen LogP contribution in [0.2, 0.25) is 5.02 Å². The molecular formula is C15H24ClN3O2. The minimum atomic E-state index is -0.174. The number of anilines is 1. The zero-order valence-electron chi connectivity index (χ0n) is 13.1. The zero-order valence-corrected chi connectivity index (χ0v) is 13.9. The molecule has 5 nitrogen and oxygen atoms in total. The molecule has 1 amide bonds. The molecule has 0 spiro atoms. The molecule has 0 aliphatic rings. The van der Waals surface area contributed by atoms with Gasteiger partial charge in [-0.2, -0.15) is 0 Å². The highest BCUT2D eigenvalue weighted by Crippen LogP contribution is 2.19. The first-order valence-corrected chi connectivity index (χ1v) is 7.63. The second-order valence-corrected chi connectivity index (χ2v) is 5.26. The van der Waals surface area contributed by atoms with Gasteiger partial charge in [-0.05, 0) is 32.4 Å². The van der Waals surface area contributed by atoms with Crippen LogP contribution in [0.1, 0.15) is 37.7 Å². The number of ether oxygens (including phenoxy) is 1. The van der Waals surface area contributed by atoms with E-state index < -0.39 is 0 Å². The van der Waals surface area contributed by atoms with Crippen LogP contribution in [0.4, 0.5) is 5.82 Å². The Kier molecular flexibility index (Phi) is 7.47. The summed E-state index contributed by atoms with van der Waals surface area (Å²) in [4.78, 5) is 18.7. The van der Waals surface area contributed by atoms with Crippen LogP contribution in [0, 0.1) is 0 Å². The molecule has 0 bridgehead atoms. The van der Waals surface area contributed by atoms with Crippen LogP contribution < -0.4 is 5.32 Å². The van der Waals surface area contributed by atoms with Crippen LogP contribution in [0.3, 0.4) is 0 Å². The van der Waals surface area contributed by atoms with E-state index in [9.17, 15) is 4.79 Å². The molecule has 118 valence electrons. The standard InChI is InChI=1S/C15H24ClN3O2/c1-5-9-17-13-8-7-12(16)14(18-13)15(20)19(6-2)11(3)10-21-4/h7-8,11H,5-6,9-10H2,1-4H3,(H,17,18). The van der Waals surface area contributed by atoms with Crippen LogP contribution in [0.5, 0.6) is 0 Å². The Hall–Kier alpha value is -1.33. The molecule has 1 N–H and O–H groups in total. The molecule has 0 radical (unpaired) electrons. The number of rotatable bonds is 8. The molecule has 0 saturated heterocycles. The van der Waals surface area contributed by atoms with E-state index >= 15 is 0 Å². The second-order valence-electron chi connectivity index (χ2n) is 4.85. The lowest BCUT2D eigenvalue weighted by atomic mass is 10.2. The molecule has 21 heavy (non-hydrogen) atoms. The number of methoxy groups -OCH3 is 1. The topological polar surface area (TPSA) is 54.5 Å². The van der Waals surface area contributed by atoms with Gasteiger partial charge in [-0.1, -0.05) is 18.5 Å². The summed E-state index contributed by atoms with van der Waals surface area (Å²) in [5, 5.41) is 3.53. The summed E-state index contributed by atoms with van der Waals surface area (Å²) in [5.41, 5.74) is 0.280. The highest BCUT2D eigenvalue weighted by atomic mass is 35.5. The molecule has 6 heteroatoms. The van der Waals surface area contributed by atoms with Crippen molar-refractivity contribution in [3.05, 3.63) is 22.8 Å². The second kappa shape index (κ2) is 8.85. The van der Waals surface area contributed by atoms with Crippen molar-refractivity contribution in [2.24, 2.45) is 0 Å². The third kappa shape index (κ3) is 4.86. The number of carbonyl (C=O) groups excluding carboxylic acids is 1. The Labute approximate surface area is 131 Å². The summed E-state index contributed by atoms with van der Waals surface area (Å²) >= 11 is 6.14. The van der Waals surface area contributed by atoms with Crippen molar-refractivity contribution >= 4 is 23.3 Å². The van der Waals surface area contributed by atoms with E-state index in [0.717, 1.165) is 13.0 Å². The Morgan fingerprint density at radius 3 is 2.76 bits per heavy atom. The molecular weight excluding hydrogens is 290 g/mol. The minimum absolute atomic E-state index is 0.0300. The number of carbonyl (C=O) groups is 1. The highest BCUT2D eigenvalue weighted by Gasteiger charge is 2.23. The average molecular weight is 314 g/mol. The van der Waals surface area contributed by atoms with E-state index in [2.05, 4.69) is 17.2 Å². The van der Waals surface area contributed by atoms with Gasteiger partial charge in [-0.3, -0.25) is 4.79 Å². The number of likely N-dealkylation sites (N-methyl/N-ethyl adjacent to an activating group) is 1. The number of hydrogen-bond acceptors (Lipinski definition) is 4. The minimum Gasteiger partial charge on any atom is -0.383 e. The molecule has 1 rings (SSSR count). The number of nitrogens with one attached hydrogen (secondary N) is 1. The average Bonchev–Trinajstić information content (AvgIpc) is 2.47. The Morgan fingerprint density at radius 2 is 2.19 bits per heavy atom. The molecule has 1 heterocycles. The fourth-order valence-electron chi connectivity index (χ4n) is 2.07. The van der Waals surface area contributed by atoms with Gasteiger partial charge in [0.05, 0.1) is 17.7 Å². The third-order valence-electron chi connectivity index (χ3n) is 3.15. The van der Waals surface area contributed by atoms with Crippen LogP contribution in [0.25, 0.3) is 0 Å².